The average Bonchev–Trinajstić information content (AvgIpc) is 2.36. The summed E-state index contributed by atoms with van der Waals surface area (Å²) >= 11 is 0. The van der Waals surface area contributed by atoms with Crippen molar-refractivity contribution in [3.63, 3.8) is 0 Å². The van der Waals surface area contributed by atoms with Crippen LogP contribution in [0.4, 0.5) is 0 Å². The van der Waals surface area contributed by atoms with Crippen LogP contribution in [0.15, 0.2) is 18.2 Å². The number of aliphatic hydroxyl groups is 1. The van der Waals surface area contributed by atoms with Crippen LogP contribution in [0, 0.1) is 0 Å². The Balaban J connectivity index is 2.02. The van der Waals surface area contributed by atoms with Gasteiger partial charge in [0.15, 0.2) is 11.5 Å². The van der Waals surface area contributed by atoms with Crippen molar-refractivity contribution in [1.29, 1.82) is 0 Å². The molecule has 0 radical (unpaired) electrons. The SMILES string of the molecule is COc1cc(CN(CCCO)C2CCC2)ccc1O. The smallest absolute Gasteiger partial charge is 0.160 e. The van der Waals surface area contributed by atoms with E-state index >= 15 is 0 Å². The van der Waals surface area contributed by atoms with Gasteiger partial charge in [-0.2, -0.15) is 0 Å². The third-order valence-electron chi connectivity index (χ3n) is 3.82. The highest BCUT2D eigenvalue weighted by Gasteiger charge is 2.24. The number of methoxy groups -OCH3 is 1. The maximum atomic E-state index is 9.61. The summed E-state index contributed by atoms with van der Waals surface area (Å²) in [6.07, 6.45) is 4.62. The second-order valence-electron chi connectivity index (χ2n) is 5.14. The molecule has 1 aliphatic carbocycles. The van der Waals surface area contributed by atoms with E-state index in [1.165, 1.54) is 19.3 Å². The van der Waals surface area contributed by atoms with E-state index in [1.54, 1.807) is 13.2 Å². The minimum atomic E-state index is 0.178. The molecule has 2 N–H and O–H groups in total. The highest BCUT2D eigenvalue weighted by atomic mass is 16.5. The maximum Gasteiger partial charge on any atom is 0.160 e. The molecule has 0 bridgehead atoms. The molecule has 0 aliphatic heterocycles. The molecule has 4 heteroatoms. The van der Waals surface area contributed by atoms with Gasteiger partial charge in [0.05, 0.1) is 7.11 Å². The van der Waals surface area contributed by atoms with Crippen LogP contribution in [0.1, 0.15) is 31.2 Å². The van der Waals surface area contributed by atoms with Gasteiger partial charge >= 0.3 is 0 Å². The first-order valence-electron chi connectivity index (χ1n) is 6.95. The predicted octanol–water partition coefficient (Wildman–Crippen LogP) is 2.14. The number of phenolic OH excluding ortho intramolecular Hbond substituents is 1. The van der Waals surface area contributed by atoms with Gasteiger partial charge in [0, 0.05) is 25.7 Å². The van der Waals surface area contributed by atoms with Crippen LogP contribution in [0.5, 0.6) is 11.5 Å². The summed E-state index contributed by atoms with van der Waals surface area (Å²) < 4.78 is 5.14. The lowest BCUT2D eigenvalue weighted by atomic mass is 9.91. The topological polar surface area (TPSA) is 52.9 Å². The Morgan fingerprint density at radius 2 is 2.16 bits per heavy atom. The van der Waals surface area contributed by atoms with Crippen molar-refractivity contribution in [2.45, 2.75) is 38.3 Å². The molecule has 2 rings (SSSR count). The largest absolute Gasteiger partial charge is 0.504 e. The molecule has 19 heavy (non-hydrogen) atoms. The van der Waals surface area contributed by atoms with Crippen LogP contribution in [-0.2, 0) is 6.54 Å². The standard InChI is InChI=1S/C15H23NO3/c1-19-15-10-12(6-7-14(15)18)11-16(8-3-9-17)13-4-2-5-13/h6-7,10,13,17-18H,2-5,8-9,11H2,1H3. The zero-order valence-corrected chi connectivity index (χ0v) is 11.5. The van der Waals surface area contributed by atoms with E-state index in [1.807, 2.05) is 12.1 Å². The van der Waals surface area contributed by atoms with E-state index in [2.05, 4.69) is 4.90 Å². The minimum absolute atomic E-state index is 0.178. The summed E-state index contributed by atoms with van der Waals surface area (Å²) in [6, 6.07) is 6.15. The molecule has 0 unspecified atom stereocenters. The molecule has 0 saturated heterocycles. The summed E-state index contributed by atoms with van der Waals surface area (Å²) in [7, 11) is 1.56. The third kappa shape index (κ3) is 3.61. The van der Waals surface area contributed by atoms with Crippen molar-refractivity contribution in [2.75, 3.05) is 20.3 Å². The van der Waals surface area contributed by atoms with Gasteiger partial charge in [-0.15, -0.1) is 0 Å². The van der Waals surface area contributed by atoms with Crippen molar-refractivity contribution in [3.05, 3.63) is 23.8 Å². The Morgan fingerprint density at radius 3 is 2.74 bits per heavy atom. The van der Waals surface area contributed by atoms with Gasteiger partial charge in [0.25, 0.3) is 0 Å². The Labute approximate surface area is 114 Å². The maximum absolute atomic E-state index is 9.61. The van der Waals surface area contributed by atoms with Gasteiger partial charge in [0.1, 0.15) is 0 Å². The van der Waals surface area contributed by atoms with E-state index in [-0.39, 0.29) is 12.4 Å². The second-order valence-corrected chi connectivity index (χ2v) is 5.14. The number of phenols is 1. The van der Waals surface area contributed by atoms with Crippen LogP contribution in [0.25, 0.3) is 0 Å². The number of nitrogens with zero attached hydrogens (tertiary/aromatic N) is 1. The number of aromatic hydroxyl groups is 1. The Bertz CT molecular complexity index is 404. The first-order chi connectivity index (χ1) is 9.24. The molecule has 1 aromatic carbocycles. The van der Waals surface area contributed by atoms with E-state index in [0.29, 0.717) is 11.8 Å². The van der Waals surface area contributed by atoms with E-state index in [9.17, 15) is 5.11 Å². The lowest BCUT2D eigenvalue weighted by Gasteiger charge is -2.37. The average molecular weight is 265 g/mol. The lowest BCUT2D eigenvalue weighted by molar-refractivity contribution is 0.109. The molecular formula is C15H23NO3. The van der Waals surface area contributed by atoms with E-state index in [0.717, 1.165) is 25.1 Å². The molecule has 0 spiro atoms. The van der Waals surface area contributed by atoms with E-state index in [4.69, 9.17) is 9.84 Å². The molecular weight excluding hydrogens is 242 g/mol. The predicted molar refractivity (Wildman–Crippen MR) is 74.4 cm³/mol. The molecule has 1 fully saturated rings. The number of ether oxygens (including phenoxy) is 1. The zero-order chi connectivity index (χ0) is 13.7. The molecule has 1 aromatic rings. The van der Waals surface area contributed by atoms with Gasteiger partial charge in [-0.05, 0) is 37.0 Å². The Morgan fingerprint density at radius 1 is 1.37 bits per heavy atom. The fourth-order valence-electron chi connectivity index (χ4n) is 2.47. The third-order valence-corrected chi connectivity index (χ3v) is 3.82. The van der Waals surface area contributed by atoms with Gasteiger partial charge in [-0.1, -0.05) is 12.5 Å². The van der Waals surface area contributed by atoms with Crippen molar-refractivity contribution >= 4 is 0 Å². The molecule has 4 nitrogen and oxygen atoms in total. The quantitative estimate of drug-likeness (QED) is 0.793. The Hall–Kier alpha value is -1.26. The number of benzene rings is 1. The van der Waals surface area contributed by atoms with Crippen LogP contribution >= 0.6 is 0 Å². The number of rotatable bonds is 7. The number of hydrogen-bond donors (Lipinski definition) is 2. The van der Waals surface area contributed by atoms with Gasteiger partial charge < -0.3 is 14.9 Å². The summed E-state index contributed by atoms with van der Waals surface area (Å²) in [4.78, 5) is 2.42. The van der Waals surface area contributed by atoms with E-state index < -0.39 is 0 Å². The molecule has 0 amide bonds. The summed E-state index contributed by atoms with van der Waals surface area (Å²) in [5, 5.41) is 18.6. The van der Waals surface area contributed by atoms with Crippen molar-refractivity contribution in [3.8, 4) is 11.5 Å². The molecule has 1 saturated carbocycles. The molecule has 1 aliphatic rings. The van der Waals surface area contributed by atoms with Crippen LogP contribution in [0.2, 0.25) is 0 Å². The first-order valence-corrected chi connectivity index (χ1v) is 6.95. The highest BCUT2D eigenvalue weighted by Crippen LogP contribution is 2.30. The molecule has 0 heterocycles. The summed E-state index contributed by atoms with van der Waals surface area (Å²) in [5.74, 6) is 0.699. The van der Waals surface area contributed by atoms with Crippen LogP contribution < -0.4 is 4.74 Å². The highest BCUT2D eigenvalue weighted by molar-refractivity contribution is 5.41. The molecule has 0 atom stereocenters. The van der Waals surface area contributed by atoms with Gasteiger partial charge in [-0.25, -0.2) is 0 Å². The minimum Gasteiger partial charge on any atom is -0.504 e. The summed E-state index contributed by atoms with van der Waals surface area (Å²) in [6.45, 7) is 2.01. The van der Waals surface area contributed by atoms with Crippen molar-refractivity contribution in [2.24, 2.45) is 0 Å². The fraction of sp³-hybridized carbons (Fsp3) is 0.600. The van der Waals surface area contributed by atoms with Gasteiger partial charge in [-0.3, -0.25) is 4.90 Å². The molecule has 106 valence electrons. The normalized spacial score (nSPS) is 15.5. The number of aliphatic hydroxyl groups excluding tert-OH is 1. The lowest BCUT2D eigenvalue weighted by Crippen LogP contribution is -2.40. The van der Waals surface area contributed by atoms with Crippen LogP contribution in [-0.4, -0.2) is 41.4 Å². The van der Waals surface area contributed by atoms with Crippen LogP contribution in [0.3, 0.4) is 0 Å². The molecule has 0 aromatic heterocycles. The fourth-order valence-corrected chi connectivity index (χ4v) is 2.47. The van der Waals surface area contributed by atoms with Gasteiger partial charge in [0.2, 0.25) is 0 Å². The summed E-state index contributed by atoms with van der Waals surface area (Å²) in [5.41, 5.74) is 1.14. The second kappa shape index (κ2) is 6.78. The Kier molecular flexibility index (Phi) is 5.05. The number of hydrogen-bond acceptors (Lipinski definition) is 4. The first kappa shape index (κ1) is 14.2. The monoisotopic (exact) mass is 265 g/mol. The van der Waals surface area contributed by atoms with Crippen molar-refractivity contribution < 1.29 is 14.9 Å². The van der Waals surface area contributed by atoms with Crippen molar-refractivity contribution in [1.82, 2.24) is 4.90 Å². The zero-order valence-electron chi connectivity index (χ0n) is 11.5.